The van der Waals surface area contributed by atoms with Crippen LogP contribution in [0.3, 0.4) is 0 Å². The molecule has 1 unspecified atom stereocenters. The van der Waals surface area contributed by atoms with Crippen molar-refractivity contribution < 1.29 is 17.7 Å². The van der Waals surface area contributed by atoms with Gasteiger partial charge in [-0.25, -0.2) is 13.1 Å². The van der Waals surface area contributed by atoms with Crippen LogP contribution in [-0.2, 0) is 10.0 Å². The van der Waals surface area contributed by atoms with Gasteiger partial charge in [-0.05, 0) is 32.6 Å². The number of hydrogen-bond donors (Lipinski definition) is 1. The molecule has 1 aromatic rings. The zero-order valence-electron chi connectivity index (χ0n) is 12.8. The van der Waals surface area contributed by atoms with Crippen LogP contribution in [0.15, 0.2) is 16.5 Å². The summed E-state index contributed by atoms with van der Waals surface area (Å²) in [7, 11) is -3.43. The maximum Gasteiger partial charge on any atom is 0.259 e. The average molecular weight is 327 g/mol. The van der Waals surface area contributed by atoms with Crippen LogP contribution in [0.2, 0.25) is 0 Å². The van der Waals surface area contributed by atoms with Gasteiger partial charge in [0.2, 0.25) is 10.0 Å². The van der Waals surface area contributed by atoms with Gasteiger partial charge < -0.3 is 9.42 Å². The first-order valence-corrected chi connectivity index (χ1v) is 8.73. The third-order valence-corrected chi connectivity index (χ3v) is 4.85. The molecule has 0 spiro atoms. The maximum absolute atomic E-state index is 12.6. The number of amides is 1. The molecule has 0 aliphatic carbocycles. The summed E-state index contributed by atoms with van der Waals surface area (Å²) in [6.07, 6.45) is 1.72. The number of piperidine rings is 1. The van der Waals surface area contributed by atoms with Crippen molar-refractivity contribution in [3.8, 4) is 0 Å². The lowest BCUT2D eigenvalue weighted by atomic mass is 9.97. The Morgan fingerprint density at radius 3 is 2.86 bits per heavy atom. The van der Waals surface area contributed by atoms with Gasteiger partial charge in [-0.1, -0.05) is 11.7 Å². The SMILES string of the molecule is C=CS(=O)(=O)NCC1CCCN(C(=O)c2c(C)noc2C)C1. The number of hydrogen-bond acceptors (Lipinski definition) is 5. The Balaban J connectivity index is 2.02. The van der Waals surface area contributed by atoms with Crippen molar-refractivity contribution in [2.24, 2.45) is 5.92 Å². The number of sulfonamides is 1. The molecule has 122 valence electrons. The predicted octanol–water partition coefficient (Wildman–Crippen LogP) is 1.21. The minimum Gasteiger partial charge on any atom is -0.361 e. The van der Waals surface area contributed by atoms with Crippen LogP contribution >= 0.6 is 0 Å². The Bertz CT molecular complexity index is 646. The van der Waals surface area contributed by atoms with Crippen LogP contribution in [0.25, 0.3) is 0 Å². The second-order valence-corrected chi connectivity index (χ2v) is 7.23. The Morgan fingerprint density at radius 1 is 1.55 bits per heavy atom. The molecule has 0 saturated carbocycles. The first-order valence-electron chi connectivity index (χ1n) is 7.18. The van der Waals surface area contributed by atoms with E-state index in [9.17, 15) is 13.2 Å². The summed E-state index contributed by atoms with van der Waals surface area (Å²) in [6, 6.07) is 0. The average Bonchev–Trinajstić information content (AvgIpc) is 2.84. The molecular formula is C14H21N3O4S. The van der Waals surface area contributed by atoms with Crippen molar-refractivity contribution in [2.45, 2.75) is 26.7 Å². The highest BCUT2D eigenvalue weighted by molar-refractivity contribution is 7.92. The molecule has 22 heavy (non-hydrogen) atoms. The number of carbonyl (C=O) groups excluding carboxylic acids is 1. The molecule has 0 radical (unpaired) electrons. The summed E-state index contributed by atoms with van der Waals surface area (Å²) in [6.45, 7) is 8.20. The van der Waals surface area contributed by atoms with Gasteiger partial charge >= 0.3 is 0 Å². The number of nitrogens with zero attached hydrogens (tertiary/aromatic N) is 2. The summed E-state index contributed by atoms with van der Waals surface area (Å²) in [5.41, 5.74) is 1.09. The molecule has 1 atom stereocenters. The van der Waals surface area contributed by atoms with Gasteiger partial charge in [-0.2, -0.15) is 0 Å². The Morgan fingerprint density at radius 2 is 2.27 bits per heavy atom. The van der Waals surface area contributed by atoms with Crippen LogP contribution in [0.1, 0.15) is 34.7 Å². The molecule has 7 nitrogen and oxygen atoms in total. The number of rotatable bonds is 5. The largest absolute Gasteiger partial charge is 0.361 e. The van der Waals surface area contributed by atoms with Gasteiger partial charge in [0.05, 0.1) is 5.69 Å². The molecule has 1 saturated heterocycles. The van der Waals surface area contributed by atoms with Gasteiger partial charge in [0.15, 0.2) is 0 Å². The van der Waals surface area contributed by atoms with E-state index in [1.807, 2.05) is 0 Å². The maximum atomic E-state index is 12.6. The Hall–Kier alpha value is -1.67. The van der Waals surface area contributed by atoms with Crippen molar-refractivity contribution in [3.63, 3.8) is 0 Å². The van der Waals surface area contributed by atoms with Gasteiger partial charge in [0.1, 0.15) is 11.3 Å². The summed E-state index contributed by atoms with van der Waals surface area (Å²) in [4.78, 5) is 14.3. The minimum absolute atomic E-state index is 0.0906. The van der Waals surface area contributed by atoms with Gasteiger partial charge in [-0.3, -0.25) is 4.79 Å². The number of aryl methyl sites for hydroxylation is 2. The highest BCUT2D eigenvalue weighted by atomic mass is 32.2. The molecule has 8 heteroatoms. The van der Waals surface area contributed by atoms with E-state index < -0.39 is 10.0 Å². The topological polar surface area (TPSA) is 92.5 Å². The first kappa shape index (κ1) is 16.7. The number of carbonyl (C=O) groups is 1. The second-order valence-electron chi connectivity index (χ2n) is 5.52. The molecule has 1 N–H and O–H groups in total. The molecular weight excluding hydrogens is 306 g/mol. The van der Waals surface area contributed by atoms with Crippen molar-refractivity contribution in [2.75, 3.05) is 19.6 Å². The lowest BCUT2D eigenvalue weighted by molar-refractivity contribution is 0.0674. The molecule has 0 aromatic carbocycles. The van der Waals surface area contributed by atoms with Crippen LogP contribution < -0.4 is 4.72 Å². The molecule has 1 aliphatic heterocycles. The zero-order chi connectivity index (χ0) is 16.3. The predicted molar refractivity (Wildman–Crippen MR) is 81.7 cm³/mol. The van der Waals surface area contributed by atoms with Crippen LogP contribution in [0, 0.1) is 19.8 Å². The van der Waals surface area contributed by atoms with Gasteiger partial charge in [0.25, 0.3) is 5.91 Å². The summed E-state index contributed by atoms with van der Waals surface area (Å²) in [5, 5.41) is 4.70. The van der Waals surface area contributed by atoms with Crippen molar-refractivity contribution >= 4 is 15.9 Å². The normalized spacial score (nSPS) is 19.2. The van der Waals surface area contributed by atoms with Gasteiger partial charge in [-0.15, -0.1) is 0 Å². The quantitative estimate of drug-likeness (QED) is 0.877. The van der Waals surface area contributed by atoms with E-state index in [2.05, 4.69) is 16.5 Å². The summed E-state index contributed by atoms with van der Waals surface area (Å²) in [5.74, 6) is 0.498. The van der Waals surface area contributed by atoms with E-state index in [0.29, 0.717) is 36.7 Å². The van der Waals surface area contributed by atoms with Crippen molar-refractivity contribution in [1.29, 1.82) is 0 Å². The van der Waals surface area contributed by atoms with E-state index in [-0.39, 0.29) is 11.8 Å². The highest BCUT2D eigenvalue weighted by Crippen LogP contribution is 2.21. The standard InChI is InChI=1S/C14H21N3O4S/c1-4-22(19,20)15-8-12-6-5-7-17(9-12)14(18)13-10(2)16-21-11(13)3/h4,12,15H,1,5-9H2,2-3H3. The lowest BCUT2D eigenvalue weighted by Crippen LogP contribution is -2.43. The van der Waals surface area contributed by atoms with Crippen LogP contribution in [-0.4, -0.2) is 44.0 Å². The number of nitrogens with one attached hydrogen (secondary N) is 1. The fourth-order valence-electron chi connectivity index (χ4n) is 2.66. The van der Waals surface area contributed by atoms with Crippen molar-refractivity contribution in [1.82, 2.24) is 14.8 Å². The zero-order valence-corrected chi connectivity index (χ0v) is 13.6. The van der Waals surface area contributed by atoms with Gasteiger partial charge in [0, 0.05) is 25.0 Å². The van der Waals surface area contributed by atoms with E-state index in [4.69, 9.17) is 4.52 Å². The van der Waals surface area contributed by atoms with Crippen molar-refractivity contribution in [3.05, 3.63) is 29.0 Å². The Kier molecular flexibility index (Phi) is 5.02. The van der Waals surface area contributed by atoms with E-state index >= 15 is 0 Å². The molecule has 1 aliphatic rings. The molecule has 0 bridgehead atoms. The number of likely N-dealkylation sites (tertiary alicyclic amines) is 1. The van der Waals surface area contributed by atoms with Crippen LogP contribution in [0.5, 0.6) is 0 Å². The molecule has 1 aromatic heterocycles. The highest BCUT2D eigenvalue weighted by Gasteiger charge is 2.28. The van der Waals surface area contributed by atoms with E-state index in [1.165, 1.54) is 0 Å². The molecule has 2 heterocycles. The Labute approximate surface area is 130 Å². The fraction of sp³-hybridized carbons (Fsp3) is 0.571. The number of aromatic nitrogens is 1. The smallest absolute Gasteiger partial charge is 0.259 e. The minimum atomic E-state index is -3.43. The third kappa shape index (κ3) is 3.75. The second kappa shape index (κ2) is 6.62. The first-order chi connectivity index (χ1) is 10.3. The fourth-order valence-corrected chi connectivity index (χ4v) is 3.24. The van der Waals surface area contributed by atoms with E-state index in [0.717, 1.165) is 18.2 Å². The molecule has 1 fully saturated rings. The molecule has 2 rings (SSSR count). The lowest BCUT2D eigenvalue weighted by Gasteiger charge is -2.32. The summed E-state index contributed by atoms with van der Waals surface area (Å²) >= 11 is 0. The summed E-state index contributed by atoms with van der Waals surface area (Å²) < 4.78 is 30.3. The third-order valence-electron chi connectivity index (χ3n) is 3.85. The van der Waals surface area contributed by atoms with E-state index in [1.54, 1.807) is 18.7 Å². The monoisotopic (exact) mass is 327 g/mol. The molecule has 1 amide bonds. The van der Waals surface area contributed by atoms with Crippen LogP contribution in [0.4, 0.5) is 0 Å².